The van der Waals surface area contributed by atoms with Crippen LogP contribution in [0, 0.1) is 0 Å². The van der Waals surface area contributed by atoms with Gasteiger partial charge in [-0.2, -0.15) is 0 Å². The Bertz CT molecular complexity index is 588. The Hall–Kier alpha value is -2.36. The second kappa shape index (κ2) is 5.74. The molecule has 1 heterocycles. The van der Waals surface area contributed by atoms with Gasteiger partial charge in [-0.3, -0.25) is 20.6 Å². The van der Waals surface area contributed by atoms with Gasteiger partial charge in [0.15, 0.2) is 0 Å². The van der Waals surface area contributed by atoms with Gasteiger partial charge in [0.2, 0.25) is 0 Å². The fourth-order valence-electron chi connectivity index (χ4n) is 1.70. The van der Waals surface area contributed by atoms with E-state index >= 15 is 0 Å². The van der Waals surface area contributed by atoms with Gasteiger partial charge in [0.05, 0.1) is 5.69 Å². The summed E-state index contributed by atoms with van der Waals surface area (Å²) in [6, 6.07) is 13.0. The molecular formula is C16H19N3O. The molecule has 1 amide bonds. The van der Waals surface area contributed by atoms with Crippen LogP contribution in [-0.4, -0.2) is 10.9 Å². The van der Waals surface area contributed by atoms with Gasteiger partial charge in [-0.25, -0.2) is 0 Å². The zero-order valence-electron chi connectivity index (χ0n) is 12.0. The molecule has 0 saturated heterocycles. The Labute approximate surface area is 119 Å². The number of pyridine rings is 1. The molecule has 0 spiro atoms. The summed E-state index contributed by atoms with van der Waals surface area (Å²) in [5.41, 5.74) is 7.80. The molecule has 0 atom stereocenters. The van der Waals surface area contributed by atoms with Gasteiger partial charge in [-0.15, -0.1) is 0 Å². The van der Waals surface area contributed by atoms with E-state index in [1.165, 1.54) is 0 Å². The van der Waals surface area contributed by atoms with Crippen LogP contribution in [0.15, 0.2) is 48.7 Å². The first kappa shape index (κ1) is 14.1. The minimum Gasteiger partial charge on any atom is -0.298 e. The van der Waals surface area contributed by atoms with Gasteiger partial charge in [0.25, 0.3) is 5.91 Å². The van der Waals surface area contributed by atoms with E-state index in [1.807, 2.05) is 36.4 Å². The van der Waals surface area contributed by atoms with Crippen molar-refractivity contribution in [2.24, 2.45) is 0 Å². The maximum atomic E-state index is 12.1. The summed E-state index contributed by atoms with van der Waals surface area (Å²) in [4.78, 5) is 16.4. The number of carbonyl (C=O) groups is 1. The molecule has 2 aromatic rings. The molecular weight excluding hydrogens is 250 g/mol. The lowest BCUT2D eigenvalue weighted by molar-refractivity contribution is 0.0962. The van der Waals surface area contributed by atoms with Crippen LogP contribution in [0.5, 0.6) is 0 Å². The standard InChI is InChI=1S/C16H19N3O/c1-16(2,3)14-11-12(9-10-17-14)15(20)19-18-13-7-5-4-6-8-13/h4-11,18H,1-3H3,(H,19,20). The number of nitrogens with one attached hydrogen (secondary N) is 2. The normalized spacial score (nSPS) is 10.9. The molecule has 0 unspecified atom stereocenters. The van der Waals surface area contributed by atoms with E-state index in [2.05, 4.69) is 36.6 Å². The van der Waals surface area contributed by atoms with E-state index < -0.39 is 0 Å². The maximum Gasteiger partial charge on any atom is 0.269 e. The number of aromatic nitrogens is 1. The first-order valence-corrected chi connectivity index (χ1v) is 6.55. The van der Waals surface area contributed by atoms with Crippen molar-refractivity contribution in [1.29, 1.82) is 0 Å². The highest BCUT2D eigenvalue weighted by atomic mass is 16.2. The molecule has 1 aromatic heterocycles. The zero-order valence-corrected chi connectivity index (χ0v) is 12.0. The van der Waals surface area contributed by atoms with Crippen molar-refractivity contribution in [2.75, 3.05) is 5.43 Å². The van der Waals surface area contributed by atoms with Crippen LogP contribution in [0.3, 0.4) is 0 Å². The first-order chi connectivity index (χ1) is 9.47. The lowest BCUT2D eigenvalue weighted by atomic mass is 9.91. The summed E-state index contributed by atoms with van der Waals surface area (Å²) >= 11 is 0. The van der Waals surface area contributed by atoms with Gasteiger partial charge < -0.3 is 0 Å². The molecule has 0 bridgehead atoms. The summed E-state index contributed by atoms with van der Waals surface area (Å²) in [6.07, 6.45) is 1.66. The molecule has 104 valence electrons. The number of nitrogens with zero attached hydrogens (tertiary/aromatic N) is 1. The Morgan fingerprint density at radius 2 is 1.80 bits per heavy atom. The molecule has 0 saturated carbocycles. The first-order valence-electron chi connectivity index (χ1n) is 6.55. The number of benzene rings is 1. The lowest BCUT2D eigenvalue weighted by Gasteiger charge is -2.18. The zero-order chi connectivity index (χ0) is 14.6. The molecule has 0 aliphatic rings. The van der Waals surface area contributed by atoms with Crippen molar-refractivity contribution >= 4 is 11.6 Å². The van der Waals surface area contributed by atoms with Crippen LogP contribution >= 0.6 is 0 Å². The number of carbonyl (C=O) groups excluding carboxylic acids is 1. The highest BCUT2D eigenvalue weighted by Crippen LogP contribution is 2.20. The minimum atomic E-state index is -0.179. The van der Waals surface area contributed by atoms with Gasteiger partial charge >= 0.3 is 0 Å². The van der Waals surface area contributed by atoms with Crippen LogP contribution in [0.2, 0.25) is 0 Å². The average molecular weight is 269 g/mol. The summed E-state index contributed by atoms with van der Waals surface area (Å²) in [6.45, 7) is 6.21. The molecule has 0 fully saturated rings. The molecule has 2 N–H and O–H groups in total. The summed E-state index contributed by atoms with van der Waals surface area (Å²) in [5, 5.41) is 0. The third-order valence-corrected chi connectivity index (χ3v) is 2.88. The Morgan fingerprint density at radius 1 is 1.10 bits per heavy atom. The predicted molar refractivity (Wildman–Crippen MR) is 80.5 cm³/mol. The van der Waals surface area contributed by atoms with E-state index in [4.69, 9.17) is 0 Å². The third-order valence-electron chi connectivity index (χ3n) is 2.88. The van der Waals surface area contributed by atoms with Crippen LogP contribution in [-0.2, 0) is 5.41 Å². The summed E-state index contributed by atoms with van der Waals surface area (Å²) in [5.74, 6) is -0.179. The SMILES string of the molecule is CC(C)(C)c1cc(C(=O)NNc2ccccc2)ccn1. The number of hydrogen-bond acceptors (Lipinski definition) is 3. The average Bonchev–Trinajstić information content (AvgIpc) is 2.45. The molecule has 4 heteroatoms. The molecule has 2 rings (SSSR count). The second-order valence-electron chi connectivity index (χ2n) is 5.62. The number of amides is 1. The monoisotopic (exact) mass is 269 g/mol. The van der Waals surface area contributed by atoms with Crippen LogP contribution in [0.25, 0.3) is 0 Å². The van der Waals surface area contributed by atoms with Crippen molar-refractivity contribution in [3.63, 3.8) is 0 Å². The summed E-state index contributed by atoms with van der Waals surface area (Å²) < 4.78 is 0. The second-order valence-corrected chi connectivity index (χ2v) is 5.62. The molecule has 1 aromatic carbocycles. The van der Waals surface area contributed by atoms with Crippen molar-refractivity contribution in [3.05, 3.63) is 59.9 Å². The molecule has 0 radical (unpaired) electrons. The Kier molecular flexibility index (Phi) is 4.03. The summed E-state index contributed by atoms with van der Waals surface area (Å²) in [7, 11) is 0. The quantitative estimate of drug-likeness (QED) is 0.842. The van der Waals surface area contributed by atoms with E-state index in [0.29, 0.717) is 5.56 Å². The van der Waals surface area contributed by atoms with Crippen LogP contribution in [0.4, 0.5) is 5.69 Å². The van der Waals surface area contributed by atoms with Crippen molar-refractivity contribution in [3.8, 4) is 0 Å². The van der Waals surface area contributed by atoms with Gasteiger partial charge in [0.1, 0.15) is 0 Å². The van der Waals surface area contributed by atoms with Gasteiger partial charge in [0, 0.05) is 22.9 Å². The number of hydrogen-bond donors (Lipinski definition) is 2. The molecule has 4 nitrogen and oxygen atoms in total. The number of anilines is 1. The highest BCUT2D eigenvalue weighted by molar-refractivity contribution is 5.94. The minimum absolute atomic E-state index is 0.0802. The van der Waals surface area contributed by atoms with Crippen molar-refractivity contribution in [2.45, 2.75) is 26.2 Å². The van der Waals surface area contributed by atoms with E-state index in [0.717, 1.165) is 11.4 Å². The van der Waals surface area contributed by atoms with E-state index in [1.54, 1.807) is 12.3 Å². The van der Waals surface area contributed by atoms with Gasteiger partial charge in [-0.05, 0) is 24.3 Å². The highest BCUT2D eigenvalue weighted by Gasteiger charge is 2.17. The predicted octanol–water partition coefficient (Wildman–Crippen LogP) is 3.14. The lowest BCUT2D eigenvalue weighted by Crippen LogP contribution is -2.29. The fraction of sp³-hybridized carbons (Fsp3) is 0.250. The largest absolute Gasteiger partial charge is 0.298 e. The van der Waals surface area contributed by atoms with Gasteiger partial charge in [-0.1, -0.05) is 39.0 Å². The number of para-hydroxylation sites is 1. The van der Waals surface area contributed by atoms with Crippen LogP contribution < -0.4 is 10.9 Å². The fourth-order valence-corrected chi connectivity index (χ4v) is 1.70. The van der Waals surface area contributed by atoms with Crippen molar-refractivity contribution in [1.82, 2.24) is 10.4 Å². The molecule has 0 aliphatic carbocycles. The number of hydrazine groups is 1. The third kappa shape index (κ3) is 3.57. The topological polar surface area (TPSA) is 54.0 Å². The van der Waals surface area contributed by atoms with E-state index in [9.17, 15) is 4.79 Å². The van der Waals surface area contributed by atoms with Crippen molar-refractivity contribution < 1.29 is 4.79 Å². The number of rotatable bonds is 3. The Morgan fingerprint density at radius 3 is 2.45 bits per heavy atom. The maximum absolute atomic E-state index is 12.1. The Balaban J connectivity index is 2.06. The molecule has 0 aliphatic heterocycles. The smallest absolute Gasteiger partial charge is 0.269 e. The van der Waals surface area contributed by atoms with E-state index in [-0.39, 0.29) is 11.3 Å². The van der Waals surface area contributed by atoms with Crippen LogP contribution in [0.1, 0.15) is 36.8 Å². The molecule has 20 heavy (non-hydrogen) atoms.